The van der Waals surface area contributed by atoms with Crippen molar-refractivity contribution in [2.45, 2.75) is 9.50 Å². The fourth-order valence-corrected chi connectivity index (χ4v) is 4.29. The van der Waals surface area contributed by atoms with Gasteiger partial charge in [-0.05, 0) is 23.9 Å². The molecule has 0 aliphatic carbocycles. The van der Waals surface area contributed by atoms with Crippen molar-refractivity contribution in [2.24, 2.45) is 21.1 Å². The van der Waals surface area contributed by atoms with Crippen LogP contribution in [0.25, 0.3) is 11.2 Å². The number of aryl methyl sites for hydroxylation is 2. The van der Waals surface area contributed by atoms with Gasteiger partial charge >= 0.3 is 5.69 Å². The topological polar surface area (TPSA) is 130 Å². The predicted octanol–water partition coefficient (Wildman–Crippen LogP) is 0.819. The normalized spacial score (nSPS) is 11.2. The second-order valence-electron chi connectivity index (χ2n) is 5.74. The van der Waals surface area contributed by atoms with E-state index < -0.39 is 17.2 Å². The largest absolute Gasteiger partial charge is 0.459 e. The SMILES string of the molecule is Cn1c(=O)c2nc(Sc3nnc(NC(=O)c4ccco4)s3)n(C)c2n(C)c1=O. The van der Waals surface area contributed by atoms with Crippen molar-refractivity contribution in [3.63, 3.8) is 0 Å². The molecule has 0 saturated heterocycles. The summed E-state index contributed by atoms with van der Waals surface area (Å²) in [6, 6.07) is 3.15. The van der Waals surface area contributed by atoms with Gasteiger partial charge in [-0.2, -0.15) is 0 Å². The van der Waals surface area contributed by atoms with Crippen molar-refractivity contribution >= 4 is 45.3 Å². The van der Waals surface area contributed by atoms with Gasteiger partial charge in [0.15, 0.2) is 26.4 Å². The van der Waals surface area contributed by atoms with Crippen LogP contribution in [0.1, 0.15) is 10.6 Å². The van der Waals surface area contributed by atoms with Crippen molar-refractivity contribution in [2.75, 3.05) is 5.32 Å². The third kappa shape index (κ3) is 2.93. The van der Waals surface area contributed by atoms with Gasteiger partial charge < -0.3 is 8.98 Å². The van der Waals surface area contributed by atoms with Gasteiger partial charge in [0.25, 0.3) is 11.5 Å². The first kappa shape index (κ1) is 18.2. The molecule has 4 rings (SSSR count). The molecule has 0 aliphatic heterocycles. The molecule has 0 fully saturated rings. The molecule has 0 aliphatic rings. The Morgan fingerprint density at radius 2 is 1.96 bits per heavy atom. The van der Waals surface area contributed by atoms with Crippen LogP contribution in [0, 0.1) is 0 Å². The minimum Gasteiger partial charge on any atom is -0.459 e. The van der Waals surface area contributed by atoms with Gasteiger partial charge in [-0.25, -0.2) is 9.78 Å². The maximum absolute atomic E-state index is 12.3. The summed E-state index contributed by atoms with van der Waals surface area (Å²) >= 11 is 2.32. The zero-order valence-electron chi connectivity index (χ0n) is 14.9. The fraction of sp³-hybridized carbons (Fsp3) is 0.200. The molecule has 0 atom stereocenters. The maximum atomic E-state index is 12.3. The Labute approximate surface area is 164 Å². The lowest BCUT2D eigenvalue weighted by Crippen LogP contribution is -2.37. The molecular formula is C15H13N7O4S2. The number of fused-ring (bicyclic) bond motifs is 1. The molecular weight excluding hydrogens is 406 g/mol. The summed E-state index contributed by atoms with van der Waals surface area (Å²) in [5.74, 6) is -0.268. The second-order valence-corrected chi connectivity index (χ2v) is 7.93. The summed E-state index contributed by atoms with van der Waals surface area (Å²) in [6.45, 7) is 0. The molecule has 4 heterocycles. The van der Waals surface area contributed by atoms with Crippen molar-refractivity contribution in [3.05, 3.63) is 45.0 Å². The monoisotopic (exact) mass is 419 g/mol. The number of rotatable bonds is 4. The van der Waals surface area contributed by atoms with Crippen LogP contribution >= 0.6 is 23.1 Å². The molecule has 0 bridgehead atoms. The van der Waals surface area contributed by atoms with Crippen LogP contribution in [0.2, 0.25) is 0 Å². The molecule has 0 saturated carbocycles. The van der Waals surface area contributed by atoms with Gasteiger partial charge in [0.05, 0.1) is 6.26 Å². The molecule has 0 aromatic carbocycles. The van der Waals surface area contributed by atoms with Gasteiger partial charge in [0, 0.05) is 21.1 Å². The lowest BCUT2D eigenvalue weighted by Gasteiger charge is -2.05. The summed E-state index contributed by atoms with van der Waals surface area (Å²) in [6.07, 6.45) is 1.40. The van der Waals surface area contributed by atoms with Gasteiger partial charge in [-0.1, -0.05) is 11.3 Å². The Hall–Kier alpha value is -3.19. The van der Waals surface area contributed by atoms with Crippen LogP contribution in [-0.2, 0) is 21.1 Å². The van der Waals surface area contributed by atoms with Crippen LogP contribution in [0.5, 0.6) is 0 Å². The van der Waals surface area contributed by atoms with E-state index in [-0.39, 0.29) is 11.3 Å². The Kier molecular flexibility index (Phi) is 4.39. The van der Waals surface area contributed by atoms with E-state index >= 15 is 0 Å². The second kappa shape index (κ2) is 6.76. The number of amides is 1. The number of nitrogens with one attached hydrogen (secondary N) is 1. The van der Waals surface area contributed by atoms with Crippen molar-refractivity contribution in [3.8, 4) is 0 Å². The molecule has 4 aromatic heterocycles. The van der Waals surface area contributed by atoms with Crippen molar-refractivity contribution < 1.29 is 9.21 Å². The number of anilines is 1. The smallest absolute Gasteiger partial charge is 0.332 e. The third-order valence-corrected chi connectivity index (χ3v) is 5.91. The number of carbonyl (C=O) groups is 1. The molecule has 1 N–H and O–H groups in total. The average molecular weight is 419 g/mol. The van der Waals surface area contributed by atoms with Gasteiger partial charge in [-0.15, -0.1) is 10.2 Å². The fourth-order valence-electron chi connectivity index (χ4n) is 2.60. The number of imidazole rings is 1. The number of aromatic nitrogens is 6. The highest BCUT2D eigenvalue weighted by Crippen LogP contribution is 2.32. The number of carbonyl (C=O) groups excluding carboxylic acids is 1. The minimum atomic E-state index is -0.468. The molecule has 0 radical (unpaired) electrons. The predicted molar refractivity (Wildman–Crippen MR) is 102 cm³/mol. The van der Waals surface area contributed by atoms with E-state index in [1.165, 1.54) is 35.7 Å². The molecule has 13 heteroatoms. The standard InChI is InChI=1S/C15H13N7O4S2/c1-20-10-8(11(24)22(3)15(25)21(10)2)16-13(20)28-14-19-18-12(27-14)17-9(23)7-5-4-6-26-7/h4-6H,1-3H3,(H,17,18,23). The Morgan fingerprint density at radius 1 is 1.18 bits per heavy atom. The molecule has 4 aromatic rings. The summed E-state index contributed by atoms with van der Waals surface area (Å²) in [5, 5.41) is 11.3. The molecule has 0 unspecified atom stereocenters. The maximum Gasteiger partial charge on any atom is 0.332 e. The Bertz CT molecular complexity index is 1310. The minimum absolute atomic E-state index is 0.163. The molecule has 144 valence electrons. The van der Waals surface area contributed by atoms with E-state index in [4.69, 9.17) is 4.42 Å². The van der Waals surface area contributed by atoms with E-state index in [1.54, 1.807) is 24.7 Å². The van der Waals surface area contributed by atoms with Gasteiger partial charge in [-0.3, -0.25) is 24.0 Å². The number of nitrogens with zero attached hydrogens (tertiary/aromatic N) is 6. The molecule has 11 nitrogen and oxygen atoms in total. The summed E-state index contributed by atoms with van der Waals surface area (Å²) < 4.78 is 9.56. The Balaban J connectivity index is 1.64. The quantitative estimate of drug-likeness (QED) is 0.481. The highest BCUT2D eigenvalue weighted by molar-refractivity contribution is 8.01. The van der Waals surface area contributed by atoms with Gasteiger partial charge in [0.1, 0.15) is 0 Å². The van der Waals surface area contributed by atoms with E-state index in [0.717, 1.165) is 15.9 Å². The zero-order chi connectivity index (χ0) is 20.0. The van der Waals surface area contributed by atoms with E-state index in [0.29, 0.717) is 20.3 Å². The summed E-state index contributed by atoms with van der Waals surface area (Å²) in [4.78, 5) is 40.8. The highest BCUT2D eigenvalue weighted by atomic mass is 32.2. The van der Waals surface area contributed by atoms with Crippen molar-refractivity contribution in [1.29, 1.82) is 0 Å². The number of hydrogen-bond donors (Lipinski definition) is 1. The van der Waals surface area contributed by atoms with Crippen LogP contribution in [0.3, 0.4) is 0 Å². The first-order valence-electron chi connectivity index (χ1n) is 7.85. The summed E-state index contributed by atoms with van der Waals surface area (Å²) in [5.41, 5.74) is -0.308. The summed E-state index contributed by atoms with van der Waals surface area (Å²) in [7, 11) is 4.69. The first-order chi connectivity index (χ1) is 13.4. The van der Waals surface area contributed by atoms with E-state index in [2.05, 4.69) is 20.5 Å². The number of hydrogen-bond acceptors (Lipinski definition) is 9. The van der Waals surface area contributed by atoms with E-state index in [9.17, 15) is 14.4 Å². The lowest BCUT2D eigenvalue weighted by atomic mass is 10.4. The highest BCUT2D eigenvalue weighted by Gasteiger charge is 2.19. The molecule has 1 amide bonds. The van der Waals surface area contributed by atoms with Crippen LogP contribution in [-0.4, -0.2) is 34.8 Å². The van der Waals surface area contributed by atoms with Crippen LogP contribution in [0.4, 0.5) is 5.13 Å². The Morgan fingerprint density at radius 3 is 2.68 bits per heavy atom. The first-order valence-corrected chi connectivity index (χ1v) is 9.48. The molecule has 28 heavy (non-hydrogen) atoms. The van der Waals surface area contributed by atoms with Crippen LogP contribution in [0.15, 0.2) is 41.9 Å². The van der Waals surface area contributed by atoms with Crippen molar-refractivity contribution in [1.82, 2.24) is 28.9 Å². The third-order valence-electron chi connectivity index (χ3n) is 3.97. The van der Waals surface area contributed by atoms with E-state index in [1.807, 2.05) is 0 Å². The number of furan rings is 1. The lowest BCUT2D eigenvalue weighted by molar-refractivity contribution is 0.0996. The zero-order valence-corrected chi connectivity index (χ0v) is 16.5. The average Bonchev–Trinajstić information content (AvgIpc) is 3.40. The molecule has 0 spiro atoms. The van der Waals surface area contributed by atoms with Gasteiger partial charge in [0.2, 0.25) is 5.13 Å². The van der Waals surface area contributed by atoms with Crippen LogP contribution < -0.4 is 16.6 Å².